The van der Waals surface area contributed by atoms with E-state index in [1.165, 1.54) is 7.11 Å². The summed E-state index contributed by atoms with van der Waals surface area (Å²) in [6.07, 6.45) is 0. The highest BCUT2D eigenvalue weighted by molar-refractivity contribution is 7.11. The number of hydrogen-bond acceptors (Lipinski definition) is 6. The third kappa shape index (κ3) is 3.64. The molecule has 0 saturated heterocycles. The molecule has 0 aromatic carbocycles. The molecule has 0 amide bonds. The summed E-state index contributed by atoms with van der Waals surface area (Å²) >= 11 is 1.06. The largest absolute Gasteiger partial charge is 0.476 e. The maximum Gasteiger partial charge on any atom is 0.365 e. The molecule has 0 aliphatic rings. The molecule has 1 aromatic heterocycles. The SMILES string of the molecule is COC(=O)CNCc1csc(C(=O)O)n1. The van der Waals surface area contributed by atoms with E-state index in [0.29, 0.717) is 12.2 Å². The Kier molecular flexibility index (Phi) is 4.19. The van der Waals surface area contributed by atoms with Crippen molar-refractivity contribution in [2.45, 2.75) is 6.54 Å². The molecule has 6 nitrogen and oxygen atoms in total. The third-order valence-corrected chi connectivity index (χ3v) is 2.42. The fraction of sp³-hybridized carbons (Fsp3) is 0.375. The first kappa shape index (κ1) is 11.6. The van der Waals surface area contributed by atoms with Crippen molar-refractivity contribution in [2.75, 3.05) is 13.7 Å². The van der Waals surface area contributed by atoms with Gasteiger partial charge >= 0.3 is 11.9 Å². The van der Waals surface area contributed by atoms with Gasteiger partial charge in [0.1, 0.15) is 0 Å². The number of nitrogens with one attached hydrogen (secondary N) is 1. The monoisotopic (exact) mass is 230 g/mol. The lowest BCUT2D eigenvalue weighted by atomic mass is 10.4. The summed E-state index contributed by atoms with van der Waals surface area (Å²) in [7, 11) is 1.30. The Balaban J connectivity index is 2.38. The van der Waals surface area contributed by atoms with Crippen LogP contribution in [0.3, 0.4) is 0 Å². The summed E-state index contributed by atoms with van der Waals surface area (Å²) in [4.78, 5) is 25.1. The molecule has 0 unspecified atom stereocenters. The van der Waals surface area contributed by atoms with Crippen molar-refractivity contribution in [1.82, 2.24) is 10.3 Å². The highest BCUT2D eigenvalue weighted by Crippen LogP contribution is 2.08. The Hall–Kier alpha value is -1.47. The molecule has 1 heterocycles. The average molecular weight is 230 g/mol. The number of carboxylic acids is 1. The number of rotatable bonds is 5. The standard InChI is InChI=1S/C8H10N2O4S/c1-14-6(11)3-9-2-5-4-15-7(10-5)8(12)13/h4,9H,2-3H2,1H3,(H,12,13). The molecular formula is C8H10N2O4S. The Labute approximate surface area is 89.9 Å². The fourth-order valence-corrected chi connectivity index (χ4v) is 1.51. The summed E-state index contributed by atoms with van der Waals surface area (Å²) in [5.41, 5.74) is 0.598. The van der Waals surface area contributed by atoms with Gasteiger partial charge in [0.2, 0.25) is 5.01 Å². The van der Waals surface area contributed by atoms with Gasteiger partial charge in [-0.2, -0.15) is 0 Å². The number of carbonyl (C=O) groups excluding carboxylic acids is 1. The van der Waals surface area contributed by atoms with E-state index in [9.17, 15) is 9.59 Å². The van der Waals surface area contributed by atoms with E-state index in [2.05, 4.69) is 15.0 Å². The molecule has 7 heteroatoms. The topological polar surface area (TPSA) is 88.5 Å². The Bertz CT molecular complexity index is 363. The van der Waals surface area contributed by atoms with Gasteiger partial charge in [0.25, 0.3) is 0 Å². The maximum atomic E-state index is 10.7. The van der Waals surface area contributed by atoms with Gasteiger partial charge in [0.15, 0.2) is 0 Å². The number of hydrogen-bond donors (Lipinski definition) is 2. The minimum Gasteiger partial charge on any atom is -0.476 e. The van der Waals surface area contributed by atoms with Gasteiger partial charge in [0.05, 0.1) is 19.3 Å². The Morgan fingerprint density at radius 1 is 1.67 bits per heavy atom. The fourth-order valence-electron chi connectivity index (χ4n) is 0.851. The number of nitrogens with zero attached hydrogens (tertiary/aromatic N) is 1. The second kappa shape index (κ2) is 5.42. The van der Waals surface area contributed by atoms with Gasteiger partial charge in [-0.15, -0.1) is 11.3 Å². The van der Waals surface area contributed by atoms with Crippen LogP contribution in [-0.4, -0.2) is 35.7 Å². The van der Waals surface area contributed by atoms with Crippen LogP contribution in [0, 0.1) is 0 Å². The molecule has 2 N–H and O–H groups in total. The molecule has 82 valence electrons. The summed E-state index contributed by atoms with van der Waals surface area (Å²) in [5.74, 6) is -1.41. The molecule has 0 bridgehead atoms. The van der Waals surface area contributed by atoms with E-state index in [1.54, 1.807) is 5.38 Å². The molecular weight excluding hydrogens is 220 g/mol. The predicted octanol–water partition coefficient (Wildman–Crippen LogP) is 0.104. The van der Waals surface area contributed by atoms with E-state index in [1.807, 2.05) is 0 Å². The molecule has 0 fully saturated rings. The first-order valence-corrected chi connectivity index (χ1v) is 4.96. The lowest BCUT2D eigenvalue weighted by molar-refractivity contribution is -0.139. The van der Waals surface area contributed by atoms with Gasteiger partial charge in [-0.25, -0.2) is 9.78 Å². The molecule has 0 radical (unpaired) electrons. The molecule has 1 aromatic rings. The van der Waals surface area contributed by atoms with E-state index in [4.69, 9.17) is 5.11 Å². The van der Waals surface area contributed by atoms with Crippen molar-refractivity contribution in [1.29, 1.82) is 0 Å². The Morgan fingerprint density at radius 2 is 2.40 bits per heavy atom. The summed E-state index contributed by atoms with van der Waals surface area (Å²) in [6.45, 7) is 0.426. The van der Waals surface area contributed by atoms with Gasteiger partial charge < -0.3 is 15.2 Å². The van der Waals surface area contributed by atoms with E-state index >= 15 is 0 Å². The first-order chi connectivity index (χ1) is 7.13. The number of aromatic nitrogens is 1. The highest BCUT2D eigenvalue weighted by Gasteiger charge is 2.08. The molecule has 0 aliphatic heterocycles. The molecule has 1 rings (SSSR count). The summed E-state index contributed by atoms with van der Waals surface area (Å²) in [5, 5.41) is 13.1. The van der Waals surface area contributed by atoms with Crippen molar-refractivity contribution >= 4 is 23.3 Å². The van der Waals surface area contributed by atoms with Crippen molar-refractivity contribution in [3.05, 3.63) is 16.1 Å². The zero-order valence-electron chi connectivity index (χ0n) is 8.02. The minimum atomic E-state index is -1.04. The first-order valence-electron chi connectivity index (χ1n) is 4.08. The number of ether oxygens (including phenoxy) is 1. The van der Waals surface area contributed by atoms with Gasteiger partial charge in [0, 0.05) is 11.9 Å². The number of aromatic carboxylic acids is 1. The minimum absolute atomic E-state index is 0.0462. The van der Waals surface area contributed by atoms with Crippen LogP contribution in [0.4, 0.5) is 0 Å². The van der Waals surface area contributed by atoms with Crippen LogP contribution in [0.25, 0.3) is 0 Å². The number of thiazole rings is 1. The number of esters is 1. The maximum absolute atomic E-state index is 10.7. The van der Waals surface area contributed by atoms with E-state index in [-0.39, 0.29) is 17.5 Å². The predicted molar refractivity (Wildman–Crippen MR) is 52.8 cm³/mol. The summed E-state index contributed by atoms with van der Waals surface area (Å²) in [6, 6.07) is 0. The van der Waals surface area contributed by atoms with Crippen LogP contribution < -0.4 is 5.32 Å². The van der Waals surface area contributed by atoms with Crippen LogP contribution in [-0.2, 0) is 16.1 Å². The van der Waals surface area contributed by atoms with Gasteiger partial charge in [-0.3, -0.25) is 4.79 Å². The third-order valence-electron chi connectivity index (χ3n) is 1.54. The normalized spacial score (nSPS) is 9.93. The number of carbonyl (C=O) groups is 2. The zero-order chi connectivity index (χ0) is 11.3. The Morgan fingerprint density at radius 3 is 2.93 bits per heavy atom. The molecule has 0 aliphatic carbocycles. The van der Waals surface area contributed by atoms with Crippen LogP contribution in [0.2, 0.25) is 0 Å². The number of methoxy groups -OCH3 is 1. The summed E-state index contributed by atoms with van der Waals surface area (Å²) < 4.78 is 4.42. The second-order valence-electron chi connectivity index (χ2n) is 2.63. The molecule has 15 heavy (non-hydrogen) atoms. The molecule has 0 atom stereocenters. The quantitative estimate of drug-likeness (QED) is 0.698. The van der Waals surface area contributed by atoms with Gasteiger partial charge in [-0.05, 0) is 0 Å². The van der Waals surface area contributed by atoms with Crippen molar-refractivity contribution < 1.29 is 19.4 Å². The van der Waals surface area contributed by atoms with Crippen LogP contribution in [0.5, 0.6) is 0 Å². The van der Waals surface area contributed by atoms with Gasteiger partial charge in [-0.1, -0.05) is 0 Å². The number of carboxylic acid groups (broad SMARTS) is 1. The van der Waals surface area contributed by atoms with Crippen molar-refractivity contribution in [2.24, 2.45) is 0 Å². The molecule has 0 spiro atoms. The van der Waals surface area contributed by atoms with Crippen molar-refractivity contribution in [3.63, 3.8) is 0 Å². The van der Waals surface area contributed by atoms with Crippen LogP contribution in [0.1, 0.15) is 15.5 Å². The van der Waals surface area contributed by atoms with Crippen LogP contribution in [0.15, 0.2) is 5.38 Å². The average Bonchev–Trinajstić information content (AvgIpc) is 2.66. The zero-order valence-corrected chi connectivity index (χ0v) is 8.84. The highest BCUT2D eigenvalue weighted by atomic mass is 32.1. The molecule has 0 saturated carbocycles. The lowest BCUT2D eigenvalue weighted by Gasteiger charge is -1.99. The van der Waals surface area contributed by atoms with Crippen molar-refractivity contribution in [3.8, 4) is 0 Å². The second-order valence-corrected chi connectivity index (χ2v) is 3.49. The van der Waals surface area contributed by atoms with Crippen LogP contribution >= 0.6 is 11.3 Å². The van der Waals surface area contributed by atoms with E-state index < -0.39 is 5.97 Å². The van der Waals surface area contributed by atoms with E-state index in [0.717, 1.165) is 11.3 Å². The smallest absolute Gasteiger partial charge is 0.365 e. The lowest BCUT2D eigenvalue weighted by Crippen LogP contribution is -2.23.